The predicted octanol–water partition coefficient (Wildman–Crippen LogP) is 4.00. The highest BCUT2D eigenvalue weighted by Crippen LogP contribution is 2.69. The summed E-state index contributed by atoms with van der Waals surface area (Å²) >= 11 is 0. The van der Waals surface area contributed by atoms with Crippen molar-refractivity contribution in [3.05, 3.63) is 24.0 Å². The molecular weight excluding hydrogens is 288 g/mol. The predicted molar refractivity (Wildman–Crippen MR) is 87.7 cm³/mol. The summed E-state index contributed by atoms with van der Waals surface area (Å²) in [4.78, 5) is 25.4. The number of hydrogen-bond acceptors (Lipinski definition) is 3. The van der Waals surface area contributed by atoms with Gasteiger partial charge in [0.1, 0.15) is 5.78 Å². The van der Waals surface area contributed by atoms with Gasteiger partial charge in [-0.05, 0) is 54.9 Å². The van der Waals surface area contributed by atoms with E-state index in [0.29, 0.717) is 18.1 Å². The van der Waals surface area contributed by atoms with Crippen LogP contribution in [0.1, 0.15) is 52.9 Å². The molecular formula is C20H26O3. The van der Waals surface area contributed by atoms with Gasteiger partial charge in [0.05, 0.1) is 0 Å². The van der Waals surface area contributed by atoms with Crippen LogP contribution in [0.15, 0.2) is 24.0 Å². The topological polar surface area (TPSA) is 54.4 Å². The average Bonchev–Trinajstić information content (AvgIpc) is 2.45. The lowest BCUT2D eigenvalue weighted by Crippen LogP contribution is -2.63. The molecule has 0 unspecified atom stereocenters. The van der Waals surface area contributed by atoms with Crippen LogP contribution in [-0.4, -0.2) is 16.7 Å². The summed E-state index contributed by atoms with van der Waals surface area (Å²) in [6, 6.07) is 0. The van der Waals surface area contributed by atoms with Crippen molar-refractivity contribution in [2.45, 2.75) is 52.9 Å². The number of aliphatic hydroxyl groups is 1. The van der Waals surface area contributed by atoms with Crippen molar-refractivity contribution in [1.29, 1.82) is 0 Å². The number of fused-ring (bicyclic) bond motifs is 3. The summed E-state index contributed by atoms with van der Waals surface area (Å²) in [5, 5.41) is 10.3. The molecule has 1 spiro atoms. The average molecular weight is 314 g/mol. The number of aliphatic hydroxyl groups excluding tert-OH is 1. The summed E-state index contributed by atoms with van der Waals surface area (Å²) < 4.78 is 0. The normalized spacial score (nSPS) is 47.9. The van der Waals surface area contributed by atoms with Crippen LogP contribution >= 0.6 is 0 Å². The number of carbonyl (C=O) groups is 2. The molecule has 0 radical (unpaired) electrons. The minimum atomic E-state index is -0.564. The van der Waals surface area contributed by atoms with Crippen LogP contribution in [0, 0.1) is 34.0 Å². The molecule has 0 amide bonds. The third kappa shape index (κ3) is 1.61. The molecule has 5 aliphatic rings. The molecule has 5 atom stereocenters. The minimum Gasteiger partial charge on any atom is -0.505 e. The minimum absolute atomic E-state index is 0.0986. The van der Waals surface area contributed by atoms with E-state index in [0.717, 1.165) is 25.7 Å². The van der Waals surface area contributed by atoms with E-state index in [1.54, 1.807) is 6.08 Å². The summed E-state index contributed by atoms with van der Waals surface area (Å²) in [7, 11) is 0. The Bertz CT molecular complexity index is 670. The Hall–Kier alpha value is -1.38. The molecule has 1 N–H and O–H groups in total. The Labute approximate surface area is 137 Å². The maximum atomic E-state index is 12.9. The molecule has 5 aliphatic carbocycles. The number of ketones is 2. The number of allylic oxidation sites excluding steroid dienone is 3. The van der Waals surface area contributed by atoms with Gasteiger partial charge in [-0.1, -0.05) is 32.9 Å². The lowest BCUT2D eigenvalue weighted by Gasteiger charge is -2.65. The van der Waals surface area contributed by atoms with Crippen molar-refractivity contribution in [1.82, 2.24) is 0 Å². The molecule has 5 rings (SSSR count). The molecule has 4 saturated carbocycles. The monoisotopic (exact) mass is 314 g/mol. The number of Topliss-reactive ketones (excluding diaryl/α,β-unsaturated/α-hetero) is 2. The molecule has 4 fully saturated rings. The SMILES string of the molecule is C=C1C[C@@]23CC[C@@H]4C(C)(C)C(=O)C(O)=C[C@@]4(C)[C@@H]2C[C@@H]1CC3=O. The van der Waals surface area contributed by atoms with Crippen molar-refractivity contribution in [3.63, 3.8) is 0 Å². The Balaban J connectivity index is 1.88. The number of rotatable bonds is 0. The van der Waals surface area contributed by atoms with Crippen molar-refractivity contribution in [2.75, 3.05) is 0 Å². The first-order chi connectivity index (χ1) is 10.6. The summed E-state index contributed by atoms with van der Waals surface area (Å²) in [5.74, 6) is 0.857. The molecule has 0 heterocycles. The number of carbonyl (C=O) groups excluding carboxylic acids is 2. The van der Waals surface area contributed by atoms with E-state index in [9.17, 15) is 14.7 Å². The maximum absolute atomic E-state index is 12.9. The molecule has 0 saturated heterocycles. The lowest BCUT2D eigenvalue weighted by molar-refractivity contribution is -0.167. The van der Waals surface area contributed by atoms with E-state index in [4.69, 9.17) is 0 Å². The van der Waals surface area contributed by atoms with E-state index >= 15 is 0 Å². The Kier molecular flexibility index (Phi) is 2.75. The summed E-state index contributed by atoms with van der Waals surface area (Å²) in [6.45, 7) is 10.3. The summed E-state index contributed by atoms with van der Waals surface area (Å²) in [6.07, 6.45) is 5.98. The van der Waals surface area contributed by atoms with E-state index in [-0.39, 0.29) is 34.2 Å². The first-order valence-electron chi connectivity index (χ1n) is 8.80. The lowest BCUT2D eigenvalue weighted by atomic mass is 9.37. The summed E-state index contributed by atoms with van der Waals surface area (Å²) in [5.41, 5.74) is 0.0904. The van der Waals surface area contributed by atoms with E-state index in [1.807, 2.05) is 13.8 Å². The largest absolute Gasteiger partial charge is 0.505 e. The van der Waals surface area contributed by atoms with Crippen molar-refractivity contribution < 1.29 is 14.7 Å². The van der Waals surface area contributed by atoms with E-state index in [1.165, 1.54) is 5.57 Å². The zero-order valence-corrected chi connectivity index (χ0v) is 14.3. The molecule has 23 heavy (non-hydrogen) atoms. The molecule has 0 aromatic carbocycles. The van der Waals surface area contributed by atoms with Crippen LogP contribution in [0.4, 0.5) is 0 Å². The smallest absolute Gasteiger partial charge is 0.202 e. The van der Waals surface area contributed by atoms with E-state index in [2.05, 4.69) is 13.5 Å². The van der Waals surface area contributed by atoms with Gasteiger partial charge in [0.2, 0.25) is 5.78 Å². The Morgan fingerprint density at radius 1 is 1.22 bits per heavy atom. The third-order valence-electron chi connectivity index (χ3n) is 7.81. The first kappa shape index (κ1) is 15.2. The zero-order valence-electron chi connectivity index (χ0n) is 14.3. The Morgan fingerprint density at radius 2 is 1.91 bits per heavy atom. The van der Waals surface area contributed by atoms with Gasteiger partial charge in [0.15, 0.2) is 5.76 Å². The molecule has 3 nitrogen and oxygen atoms in total. The molecule has 0 aromatic heterocycles. The molecule has 0 aliphatic heterocycles. The van der Waals surface area contributed by atoms with Gasteiger partial charge in [-0.15, -0.1) is 0 Å². The first-order valence-corrected chi connectivity index (χ1v) is 8.80. The van der Waals surface area contributed by atoms with Gasteiger partial charge in [-0.25, -0.2) is 0 Å². The van der Waals surface area contributed by atoms with Gasteiger partial charge in [0.25, 0.3) is 0 Å². The second kappa shape index (κ2) is 4.17. The van der Waals surface area contributed by atoms with Crippen LogP contribution in [0.25, 0.3) is 0 Å². The van der Waals surface area contributed by atoms with Crippen LogP contribution < -0.4 is 0 Å². The van der Waals surface area contributed by atoms with Gasteiger partial charge >= 0.3 is 0 Å². The quantitative estimate of drug-likeness (QED) is 0.688. The van der Waals surface area contributed by atoms with Gasteiger partial charge in [-0.3, -0.25) is 9.59 Å². The van der Waals surface area contributed by atoms with Crippen molar-refractivity contribution in [2.24, 2.45) is 34.0 Å². The fourth-order valence-corrected chi connectivity index (χ4v) is 6.69. The molecule has 3 heteroatoms. The third-order valence-corrected chi connectivity index (χ3v) is 7.81. The highest BCUT2D eigenvalue weighted by atomic mass is 16.3. The van der Waals surface area contributed by atoms with Crippen LogP contribution in [0.2, 0.25) is 0 Å². The fraction of sp³-hybridized carbons (Fsp3) is 0.700. The maximum Gasteiger partial charge on any atom is 0.202 e. The van der Waals surface area contributed by atoms with Gasteiger partial charge < -0.3 is 5.11 Å². The van der Waals surface area contributed by atoms with Gasteiger partial charge in [0, 0.05) is 17.3 Å². The second-order valence-electron chi connectivity index (χ2n) is 9.14. The van der Waals surface area contributed by atoms with E-state index < -0.39 is 5.41 Å². The molecule has 124 valence electrons. The fourth-order valence-electron chi connectivity index (χ4n) is 6.69. The highest BCUT2D eigenvalue weighted by molar-refractivity contribution is 5.99. The standard InChI is InChI=1S/C20H26O3/c1-11-9-20-6-5-14-18(2,3)17(23)13(21)10-19(14,4)15(20)7-12(11)8-16(20)22/h10,12,14-15,21H,1,5-9H2,2-4H3/t12-,14-,15+,19-,20+/m1/s1. The molecule has 0 aromatic rings. The Morgan fingerprint density at radius 3 is 2.61 bits per heavy atom. The zero-order chi connectivity index (χ0) is 16.8. The van der Waals surface area contributed by atoms with Crippen LogP contribution in [-0.2, 0) is 9.59 Å². The highest BCUT2D eigenvalue weighted by Gasteiger charge is 2.67. The number of hydrogen-bond donors (Lipinski definition) is 1. The molecule has 2 bridgehead atoms. The van der Waals surface area contributed by atoms with Crippen LogP contribution in [0.5, 0.6) is 0 Å². The van der Waals surface area contributed by atoms with Crippen molar-refractivity contribution in [3.8, 4) is 0 Å². The van der Waals surface area contributed by atoms with Gasteiger partial charge in [-0.2, -0.15) is 0 Å². The van der Waals surface area contributed by atoms with Crippen LogP contribution in [0.3, 0.4) is 0 Å². The van der Waals surface area contributed by atoms with Crippen molar-refractivity contribution >= 4 is 11.6 Å². The second-order valence-corrected chi connectivity index (χ2v) is 9.14.